The summed E-state index contributed by atoms with van der Waals surface area (Å²) < 4.78 is 0. The molecule has 0 unspecified atom stereocenters. The molecule has 0 fully saturated rings. The zero-order chi connectivity index (χ0) is 12.2. The van der Waals surface area contributed by atoms with Gasteiger partial charge in [0.2, 0.25) is 0 Å². The van der Waals surface area contributed by atoms with Crippen LogP contribution in [0.3, 0.4) is 0 Å². The summed E-state index contributed by atoms with van der Waals surface area (Å²) in [4.78, 5) is 13.4. The molecule has 88 valence electrons. The van der Waals surface area contributed by atoms with Gasteiger partial charge in [-0.2, -0.15) is 0 Å². The van der Waals surface area contributed by atoms with E-state index < -0.39 is 10.5 Å². The van der Waals surface area contributed by atoms with E-state index in [9.17, 15) is 10.1 Å². The molecule has 16 heavy (non-hydrogen) atoms. The number of pyridine rings is 1. The molecule has 0 amide bonds. The molecule has 0 aromatic carbocycles. The van der Waals surface area contributed by atoms with E-state index in [0.29, 0.717) is 5.69 Å². The molecule has 0 aliphatic rings. The molecule has 0 aliphatic heterocycles. The first kappa shape index (κ1) is 12.3. The van der Waals surface area contributed by atoms with Crippen molar-refractivity contribution < 1.29 is 15.1 Å². The van der Waals surface area contributed by atoms with Crippen LogP contribution in [-0.4, -0.2) is 38.9 Å². The molecule has 1 aromatic rings. The molecule has 3 N–H and O–H groups in total. The Morgan fingerprint density at radius 3 is 2.50 bits per heavy atom. The fraction of sp³-hybridized carbons (Fsp3) is 0.444. The van der Waals surface area contributed by atoms with Crippen molar-refractivity contribution in [1.82, 2.24) is 4.98 Å². The maximum absolute atomic E-state index is 10.4. The lowest BCUT2D eigenvalue weighted by Gasteiger charge is -2.26. The minimum Gasteiger partial charge on any atom is -0.394 e. The molecule has 0 saturated heterocycles. The van der Waals surface area contributed by atoms with Gasteiger partial charge in [0.1, 0.15) is 0 Å². The largest absolute Gasteiger partial charge is 0.394 e. The van der Waals surface area contributed by atoms with Crippen LogP contribution in [0.1, 0.15) is 6.92 Å². The zero-order valence-corrected chi connectivity index (χ0v) is 8.75. The molecule has 0 saturated carbocycles. The smallest absolute Gasteiger partial charge is 0.363 e. The van der Waals surface area contributed by atoms with Crippen LogP contribution in [0.5, 0.6) is 0 Å². The van der Waals surface area contributed by atoms with Gasteiger partial charge in [0, 0.05) is 6.07 Å². The summed E-state index contributed by atoms with van der Waals surface area (Å²) in [5.74, 6) is -0.250. The fourth-order valence-corrected chi connectivity index (χ4v) is 1.05. The van der Waals surface area contributed by atoms with Crippen molar-refractivity contribution in [1.29, 1.82) is 0 Å². The van der Waals surface area contributed by atoms with E-state index in [1.54, 1.807) is 6.92 Å². The van der Waals surface area contributed by atoms with Crippen LogP contribution < -0.4 is 5.32 Å². The molecule has 0 aliphatic carbocycles. The third-order valence-corrected chi connectivity index (χ3v) is 2.08. The predicted molar refractivity (Wildman–Crippen MR) is 57.1 cm³/mol. The fourth-order valence-electron chi connectivity index (χ4n) is 1.05. The summed E-state index contributed by atoms with van der Waals surface area (Å²) in [5, 5.41) is 31.3. The van der Waals surface area contributed by atoms with Crippen molar-refractivity contribution in [3.8, 4) is 0 Å². The molecule has 0 radical (unpaired) electrons. The molecular weight excluding hydrogens is 214 g/mol. The second kappa shape index (κ2) is 4.86. The summed E-state index contributed by atoms with van der Waals surface area (Å²) in [6, 6.07) is 2.71. The van der Waals surface area contributed by atoms with Crippen LogP contribution in [0.25, 0.3) is 0 Å². The van der Waals surface area contributed by atoms with Crippen LogP contribution in [-0.2, 0) is 0 Å². The lowest BCUT2D eigenvalue weighted by Crippen LogP contribution is -2.42. The summed E-state index contributed by atoms with van der Waals surface area (Å²) >= 11 is 0. The number of nitrogens with zero attached hydrogens (tertiary/aromatic N) is 2. The quantitative estimate of drug-likeness (QED) is 0.488. The third-order valence-electron chi connectivity index (χ3n) is 2.08. The van der Waals surface area contributed by atoms with Gasteiger partial charge in [-0.05, 0) is 22.9 Å². The van der Waals surface area contributed by atoms with E-state index in [4.69, 9.17) is 10.2 Å². The highest BCUT2D eigenvalue weighted by atomic mass is 16.6. The van der Waals surface area contributed by atoms with Gasteiger partial charge in [0.05, 0.1) is 24.4 Å². The first-order valence-corrected chi connectivity index (χ1v) is 4.61. The zero-order valence-electron chi connectivity index (χ0n) is 8.75. The Hall–Kier alpha value is -1.73. The number of nitrogens with one attached hydrogen (secondary N) is 1. The molecule has 1 aromatic heterocycles. The van der Waals surface area contributed by atoms with Crippen LogP contribution in [0, 0.1) is 10.1 Å². The van der Waals surface area contributed by atoms with Crippen molar-refractivity contribution in [2.45, 2.75) is 12.5 Å². The number of anilines is 1. The normalized spacial score (nSPS) is 11.2. The first-order chi connectivity index (χ1) is 7.50. The number of aromatic nitrogens is 1. The Morgan fingerprint density at radius 1 is 1.50 bits per heavy atom. The third kappa shape index (κ3) is 2.88. The maximum atomic E-state index is 10.4. The van der Waals surface area contributed by atoms with E-state index in [1.807, 2.05) is 0 Å². The minimum absolute atomic E-state index is 0.250. The highest BCUT2D eigenvalue weighted by Gasteiger charge is 2.22. The van der Waals surface area contributed by atoms with E-state index in [0.717, 1.165) is 0 Å². The van der Waals surface area contributed by atoms with Gasteiger partial charge in [0.15, 0.2) is 6.20 Å². The van der Waals surface area contributed by atoms with Crippen molar-refractivity contribution in [3.63, 3.8) is 0 Å². The van der Waals surface area contributed by atoms with Gasteiger partial charge in [-0.1, -0.05) is 0 Å². The second-order valence-corrected chi connectivity index (χ2v) is 3.66. The Balaban J connectivity index is 2.79. The van der Waals surface area contributed by atoms with Gasteiger partial charge < -0.3 is 25.6 Å². The molecule has 1 heterocycles. The molecule has 7 heteroatoms. The number of aliphatic hydroxyl groups excluding tert-OH is 2. The molecule has 1 rings (SSSR count). The highest BCUT2D eigenvalue weighted by molar-refractivity contribution is 5.45. The molecule has 0 bridgehead atoms. The van der Waals surface area contributed by atoms with Gasteiger partial charge in [0.25, 0.3) is 0 Å². The van der Waals surface area contributed by atoms with E-state index in [-0.39, 0.29) is 19.0 Å². The molecule has 0 spiro atoms. The highest BCUT2D eigenvalue weighted by Crippen LogP contribution is 2.16. The molecule has 0 atom stereocenters. The number of aliphatic hydroxyl groups is 2. The SMILES string of the molecule is CC(CO)(CO)Nc1ccc([N+](=O)[O-])nc1. The first-order valence-electron chi connectivity index (χ1n) is 4.61. The number of rotatable bonds is 5. The average Bonchev–Trinajstić information content (AvgIpc) is 2.29. The van der Waals surface area contributed by atoms with Crippen LogP contribution in [0.15, 0.2) is 18.3 Å². The average molecular weight is 227 g/mol. The summed E-state index contributed by atoms with van der Waals surface area (Å²) in [6.07, 6.45) is 1.28. The van der Waals surface area contributed by atoms with Gasteiger partial charge in [-0.3, -0.25) is 0 Å². The number of hydrogen-bond acceptors (Lipinski definition) is 6. The molecular formula is C9H13N3O4. The predicted octanol–water partition coefficient (Wildman–Crippen LogP) is 0.145. The number of hydrogen-bond donors (Lipinski definition) is 3. The Morgan fingerprint density at radius 2 is 2.12 bits per heavy atom. The van der Waals surface area contributed by atoms with Crippen molar-refractivity contribution in [2.24, 2.45) is 0 Å². The lowest BCUT2D eigenvalue weighted by molar-refractivity contribution is -0.389. The van der Waals surface area contributed by atoms with Gasteiger partial charge in [-0.25, -0.2) is 0 Å². The second-order valence-electron chi connectivity index (χ2n) is 3.66. The van der Waals surface area contributed by atoms with Crippen molar-refractivity contribution in [3.05, 3.63) is 28.4 Å². The Labute approximate surface area is 91.9 Å². The van der Waals surface area contributed by atoms with Crippen LogP contribution >= 0.6 is 0 Å². The van der Waals surface area contributed by atoms with Crippen LogP contribution in [0.4, 0.5) is 11.5 Å². The monoisotopic (exact) mass is 227 g/mol. The van der Waals surface area contributed by atoms with E-state index in [1.165, 1.54) is 18.3 Å². The standard InChI is InChI=1S/C9H13N3O4/c1-9(5-13,6-14)11-7-2-3-8(10-4-7)12(15)16/h2-4,11,13-14H,5-6H2,1H3. The Kier molecular flexibility index (Phi) is 3.75. The summed E-state index contributed by atoms with van der Waals surface area (Å²) in [5.41, 5.74) is -0.381. The van der Waals surface area contributed by atoms with Gasteiger partial charge >= 0.3 is 5.82 Å². The summed E-state index contributed by atoms with van der Waals surface area (Å²) in [6.45, 7) is 1.09. The lowest BCUT2D eigenvalue weighted by atomic mass is 10.1. The minimum atomic E-state index is -0.877. The van der Waals surface area contributed by atoms with Crippen molar-refractivity contribution >= 4 is 11.5 Å². The molecule has 7 nitrogen and oxygen atoms in total. The van der Waals surface area contributed by atoms with Crippen LogP contribution in [0.2, 0.25) is 0 Å². The summed E-state index contributed by atoms with van der Waals surface area (Å²) in [7, 11) is 0. The Bertz CT molecular complexity index is 362. The van der Waals surface area contributed by atoms with Gasteiger partial charge in [-0.15, -0.1) is 0 Å². The topological polar surface area (TPSA) is 109 Å². The van der Waals surface area contributed by atoms with E-state index in [2.05, 4.69) is 10.3 Å². The van der Waals surface area contributed by atoms with Crippen molar-refractivity contribution in [2.75, 3.05) is 18.5 Å². The number of nitro groups is 1. The maximum Gasteiger partial charge on any atom is 0.363 e. The van der Waals surface area contributed by atoms with E-state index >= 15 is 0 Å².